The van der Waals surface area contributed by atoms with Crippen molar-refractivity contribution in [1.29, 1.82) is 0 Å². The Morgan fingerprint density at radius 2 is 1.88 bits per heavy atom. The van der Waals surface area contributed by atoms with Crippen molar-refractivity contribution in [2.75, 3.05) is 18.2 Å². The zero-order chi connectivity index (χ0) is 22.7. The molecule has 6 rings (SSSR count). The molecule has 0 saturated heterocycles. The maximum Gasteiger partial charge on any atom is 0.254 e. The number of aromatic amines is 1. The highest BCUT2D eigenvalue weighted by atomic mass is 16.7. The van der Waals surface area contributed by atoms with Crippen LogP contribution in [0.25, 0.3) is 10.9 Å². The molecule has 1 N–H and O–H groups in total. The Morgan fingerprint density at radius 3 is 2.70 bits per heavy atom. The van der Waals surface area contributed by atoms with Gasteiger partial charge in [-0.2, -0.15) is 0 Å². The summed E-state index contributed by atoms with van der Waals surface area (Å²) in [7, 11) is 0. The van der Waals surface area contributed by atoms with Crippen LogP contribution in [0.1, 0.15) is 43.8 Å². The van der Waals surface area contributed by atoms with E-state index < -0.39 is 6.04 Å². The molecule has 0 fully saturated rings. The maximum absolute atomic E-state index is 13.5. The van der Waals surface area contributed by atoms with Gasteiger partial charge in [0.15, 0.2) is 17.3 Å². The van der Waals surface area contributed by atoms with Crippen LogP contribution in [-0.4, -0.2) is 38.5 Å². The van der Waals surface area contributed by atoms with E-state index in [1.807, 2.05) is 55.8 Å². The molecule has 0 aliphatic carbocycles. The van der Waals surface area contributed by atoms with E-state index >= 15 is 0 Å². The molecule has 2 aromatic carbocycles. The average molecular weight is 444 g/mol. The molecular weight excluding hydrogens is 420 g/mol. The first kappa shape index (κ1) is 19.8. The van der Waals surface area contributed by atoms with E-state index in [1.165, 1.54) is 5.56 Å². The minimum atomic E-state index is -0.457. The molecule has 0 amide bonds. The van der Waals surface area contributed by atoms with Gasteiger partial charge >= 0.3 is 0 Å². The number of benzene rings is 2. The summed E-state index contributed by atoms with van der Waals surface area (Å²) in [5.41, 5.74) is 3.09. The van der Waals surface area contributed by atoms with Crippen LogP contribution in [0.15, 0.2) is 47.3 Å². The van der Waals surface area contributed by atoms with Gasteiger partial charge in [0.1, 0.15) is 6.04 Å². The SMILES string of the molecule is CC(C)(C)n1nnnc1C(c1cc2cc3c(cc2[nH]c1=O)OCO3)N1CCc2ccccc21. The van der Waals surface area contributed by atoms with E-state index in [1.54, 1.807) is 0 Å². The molecule has 4 aromatic rings. The maximum atomic E-state index is 13.5. The van der Waals surface area contributed by atoms with Crippen molar-refractivity contribution in [2.45, 2.75) is 38.8 Å². The van der Waals surface area contributed by atoms with Crippen LogP contribution >= 0.6 is 0 Å². The Labute approximate surface area is 189 Å². The molecule has 1 unspecified atom stereocenters. The number of H-pyrrole nitrogens is 1. The predicted octanol–water partition coefficient (Wildman–Crippen LogP) is 3.15. The molecule has 2 aliphatic rings. The summed E-state index contributed by atoms with van der Waals surface area (Å²) >= 11 is 0. The van der Waals surface area contributed by atoms with Gasteiger partial charge in [-0.1, -0.05) is 18.2 Å². The fourth-order valence-electron chi connectivity index (χ4n) is 4.74. The summed E-state index contributed by atoms with van der Waals surface area (Å²) in [4.78, 5) is 18.7. The molecule has 0 saturated carbocycles. The van der Waals surface area contributed by atoms with Gasteiger partial charge in [0.2, 0.25) is 6.79 Å². The topological polar surface area (TPSA) is 98.2 Å². The fraction of sp³-hybridized carbons (Fsp3) is 0.333. The number of aromatic nitrogens is 5. The van der Waals surface area contributed by atoms with E-state index in [0.717, 1.165) is 24.0 Å². The highest BCUT2D eigenvalue weighted by Gasteiger charge is 2.36. The van der Waals surface area contributed by atoms with E-state index in [0.29, 0.717) is 28.4 Å². The molecule has 2 aliphatic heterocycles. The van der Waals surface area contributed by atoms with E-state index in [2.05, 4.69) is 37.5 Å². The molecule has 9 nitrogen and oxygen atoms in total. The van der Waals surface area contributed by atoms with Gasteiger partial charge in [-0.25, -0.2) is 4.68 Å². The summed E-state index contributed by atoms with van der Waals surface area (Å²) in [5, 5.41) is 13.6. The van der Waals surface area contributed by atoms with Crippen LogP contribution < -0.4 is 19.9 Å². The molecule has 0 radical (unpaired) electrons. The van der Waals surface area contributed by atoms with Crippen molar-refractivity contribution in [3.8, 4) is 11.5 Å². The number of pyridine rings is 1. The second-order valence-electron chi connectivity index (χ2n) is 9.44. The van der Waals surface area contributed by atoms with Crippen molar-refractivity contribution in [3.05, 3.63) is 69.8 Å². The minimum absolute atomic E-state index is 0.177. The summed E-state index contributed by atoms with van der Waals surface area (Å²) in [5.74, 6) is 1.93. The lowest BCUT2D eigenvalue weighted by molar-refractivity contribution is 0.174. The van der Waals surface area contributed by atoms with Crippen LogP contribution in [0.4, 0.5) is 5.69 Å². The second-order valence-corrected chi connectivity index (χ2v) is 9.44. The molecule has 9 heteroatoms. The number of tetrazole rings is 1. The first-order valence-corrected chi connectivity index (χ1v) is 11.0. The molecular formula is C24H24N6O3. The zero-order valence-electron chi connectivity index (χ0n) is 18.7. The number of ether oxygens (including phenoxy) is 2. The lowest BCUT2D eigenvalue weighted by Gasteiger charge is -2.31. The Bertz CT molecular complexity index is 1430. The smallest absolute Gasteiger partial charge is 0.254 e. The van der Waals surface area contributed by atoms with Gasteiger partial charge in [0.05, 0.1) is 11.1 Å². The second kappa shape index (κ2) is 7.06. The van der Waals surface area contributed by atoms with Crippen molar-refractivity contribution < 1.29 is 9.47 Å². The molecule has 0 bridgehead atoms. The number of anilines is 1. The molecule has 168 valence electrons. The number of fused-ring (bicyclic) bond motifs is 3. The van der Waals surface area contributed by atoms with Gasteiger partial charge < -0.3 is 19.4 Å². The summed E-state index contributed by atoms with van der Waals surface area (Å²) in [6.07, 6.45) is 0.897. The summed E-state index contributed by atoms with van der Waals surface area (Å²) < 4.78 is 12.8. The summed E-state index contributed by atoms with van der Waals surface area (Å²) in [6.45, 7) is 7.09. The Hall–Kier alpha value is -3.88. The quantitative estimate of drug-likeness (QED) is 0.518. The third-order valence-corrected chi connectivity index (χ3v) is 6.27. The number of nitrogens with one attached hydrogen (secondary N) is 1. The number of para-hydroxylation sites is 1. The highest BCUT2D eigenvalue weighted by molar-refractivity contribution is 5.83. The van der Waals surface area contributed by atoms with E-state index in [9.17, 15) is 4.79 Å². The van der Waals surface area contributed by atoms with Gasteiger partial charge in [0.25, 0.3) is 5.56 Å². The first-order chi connectivity index (χ1) is 15.9. The van der Waals surface area contributed by atoms with Crippen LogP contribution in [-0.2, 0) is 12.0 Å². The van der Waals surface area contributed by atoms with Crippen molar-refractivity contribution >= 4 is 16.6 Å². The third kappa shape index (κ3) is 3.14. The van der Waals surface area contributed by atoms with Gasteiger partial charge in [-0.05, 0) is 61.4 Å². The zero-order valence-corrected chi connectivity index (χ0v) is 18.7. The fourth-order valence-corrected chi connectivity index (χ4v) is 4.74. The highest BCUT2D eigenvalue weighted by Crippen LogP contribution is 2.40. The first-order valence-electron chi connectivity index (χ1n) is 11.0. The van der Waals surface area contributed by atoms with Crippen LogP contribution in [0.5, 0.6) is 11.5 Å². The van der Waals surface area contributed by atoms with Crippen molar-refractivity contribution in [1.82, 2.24) is 25.2 Å². The Kier molecular flexibility index (Phi) is 4.23. The number of hydrogen-bond donors (Lipinski definition) is 1. The van der Waals surface area contributed by atoms with Crippen molar-refractivity contribution in [3.63, 3.8) is 0 Å². The summed E-state index contributed by atoms with van der Waals surface area (Å²) in [6, 6.07) is 13.5. The molecule has 2 aromatic heterocycles. The van der Waals surface area contributed by atoms with E-state index in [-0.39, 0.29) is 17.9 Å². The van der Waals surface area contributed by atoms with Crippen LogP contribution in [0.3, 0.4) is 0 Å². The van der Waals surface area contributed by atoms with Gasteiger partial charge in [-0.3, -0.25) is 4.79 Å². The normalized spacial score (nSPS) is 15.8. The predicted molar refractivity (Wildman–Crippen MR) is 123 cm³/mol. The number of nitrogens with zero attached hydrogens (tertiary/aromatic N) is 5. The Balaban J connectivity index is 1.58. The molecule has 4 heterocycles. The Morgan fingerprint density at radius 1 is 1.09 bits per heavy atom. The lowest BCUT2D eigenvalue weighted by Crippen LogP contribution is -2.37. The van der Waals surface area contributed by atoms with Gasteiger partial charge in [0, 0.05) is 29.2 Å². The number of hydrogen-bond acceptors (Lipinski definition) is 7. The monoisotopic (exact) mass is 444 g/mol. The largest absolute Gasteiger partial charge is 0.454 e. The number of rotatable bonds is 3. The molecule has 0 spiro atoms. The lowest BCUT2D eigenvalue weighted by atomic mass is 10.0. The van der Waals surface area contributed by atoms with Crippen molar-refractivity contribution in [2.24, 2.45) is 0 Å². The van der Waals surface area contributed by atoms with E-state index in [4.69, 9.17) is 9.47 Å². The molecule has 33 heavy (non-hydrogen) atoms. The molecule has 1 atom stereocenters. The third-order valence-electron chi connectivity index (χ3n) is 6.27. The standard InChI is InChI=1S/C24H24N6O3/c1-24(2,3)30-22(26-27-28-30)21(29-9-8-14-6-4-5-7-18(14)29)16-10-15-11-19-20(33-13-32-19)12-17(15)25-23(16)31/h4-7,10-12,21H,8-9,13H2,1-3H3,(H,25,31). The van der Waals surface area contributed by atoms with Crippen LogP contribution in [0.2, 0.25) is 0 Å². The minimum Gasteiger partial charge on any atom is -0.454 e. The van der Waals surface area contributed by atoms with Crippen LogP contribution in [0, 0.1) is 0 Å². The van der Waals surface area contributed by atoms with Gasteiger partial charge in [-0.15, -0.1) is 5.10 Å². The average Bonchev–Trinajstić information content (AvgIpc) is 3.52.